The van der Waals surface area contributed by atoms with Crippen LogP contribution >= 0.6 is 0 Å². The molecule has 0 fully saturated rings. The van der Waals surface area contributed by atoms with Crippen molar-refractivity contribution in [1.82, 2.24) is 4.57 Å². The maximum atomic E-state index is 11.0. The van der Waals surface area contributed by atoms with Gasteiger partial charge in [0.2, 0.25) is 0 Å². The van der Waals surface area contributed by atoms with Crippen LogP contribution in [0.3, 0.4) is 0 Å². The van der Waals surface area contributed by atoms with E-state index < -0.39 is 0 Å². The first-order valence-corrected chi connectivity index (χ1v) is 5.27. The molecular formula is C13H15NO. The van der Waals surface area contributed by atoms with Gasteiger partial charge in [0.15, 0.2) is 0 Å². The van der Waals surface area contributed by atoms with Gasteiger partial charge in [-0.05, 0) is 18.1 Å². The largest absolute Gasteiger partial charge is 0.350 e. The number of fused-ring (bicyclic) bond motifs is 1. The number of aromatic nitrogens is 1. The number of aryl methyl sites for hydroxylation is 1. The summed E-state index contributed by atoms with van der Waals surface area (Å²) in [6.45, 7) is 2.04. The molecular weight excluding hydrogens is 186 g/mol. The predicted molar refractivity (Wildman–Crippen MR) is 62.0 cm³/mol. The molecule has 0 bridgehead atoms. The molecule has 2 nitrogen and oxygen atoms in total. The average Bonchev–Trinajstić information content (AvgIpc) is 2.60. The van der Waals surface area contributed by atoms with E-state index in [0.717, 1.165) is 18.3 Å². The van der Waals surface area contributed by atoms with Crippen molar-refractivity contribution in [1.29, 1.82) is 0 Å². The standard InChI is InChI=1S/C13H15NO/c1-3-10(9-15)12-8-14(2)13-7-5-4-6-11(12)13/h4-10H,3H2,1-2H3. The van der Waals surface area contributed by atoms with Crippen LogP contribution in [-0.4, -0.2) is 10.9 Å². The number of rotatable bonds is 3. The number of hydrogen-bond donors (Lipinski definition) is 0. The summed E-state index contributed by atoms with van der Waals surface area (Å²) in [7, 11) is 2.02. The summed E-state index contributed by atoms with van der Waals surface area (Å²) in [6, 6.07) is 8.20. The molecule has 0 radical (unpaired) electrons. The lowest BCUT2D eigenvalue weighted by molar-refractivity contribution is -0.109. The van der Waals surface area contributed by atoms with Gasteiger partial charge in [0.05, 0.1) is 0 Å². The van der Waals surface area contributed by atoms with Gasteiger partial charge >= 0.3 is 0 Å². The zero-order chi connectivity index (χ0) is 10.8. The number of nitrogens with zero attached hydrogens (tertiary/aromatic N) is 1. The summed E-state index contributed by atoms with van der Waals surface area (Å²) < 4.78 is 2.08. The minimum Gasteiger partial charge on any atom is -0.350 e. The van der Waals surface area contributed by atoms with Gasteiger partial charge in [0.1, 0.15) is 6.29 Å². The average molecular weight is 201 g/mol. The van der Waals surface area contributed by atoms with Crippen LogP contribution in [0.25, 0.3) is 10.9 Å². The van der Waals surface area contributed by atoms with Gasteiger partial charge in [-0.3, -0.25) is 0 Å². The first-order valence-electron chi connectivity index (χ1n) is 5.27. The third kappa shape index (κ3) is 1.56. The van der Waals surface area contributed by atoms with Crippen LogP contribution in [0.15, 0.2) is 30.5 Å². The Morgan fingerprint density at radius 1 is 1.40 bits per heavy atom. The molecule has 15 heavy (non-hydrogen) atoms. The van der Waals surface area contributed by atoms with Gasteiger partial charge in [-0.25, -0.2) is 0 Å². The van der Waals surface area contributed by atoms with Crippen molar-refractivity contribution in [2.24, 2.45) is 7.05 Å². The highest BCUT2D eigenvalue weighted by Crippen LogP contribution is 2.27. The Bertz CT molecular complexity index is 484. The van der Waals surface area contributed by atoms with E-state index in [1.54, 1.807) is 0 Å². The molecule has 78 valence electrons. The quantitative estimate of drug-likeness (QED) is 0.700. The fraction of sp³-hybridized carbons (Fsp3) is 0.308. The molecule has 2 heteroatoms. The van der Waals surface area contributed by atoms with Crippen LogP contribution in [0.5, 0.6) is 0 Å². The summed E-state index contributed by atoms with van der Waals surface area (Å²) in [5.74, 6) is 0.0242. The highest BCUT2D eigenvalue weighted by Gasteiger charge is 2.13. The molecule has 1 unspecified atom stereocenters. The van der Waals surface area contributed by atoms with Crippen molar-refractivity contribution in [3.05, 3.63) is 36.0 Å². The van der Waals surface area contributed by atoms with Gasteiger partial charge in [-0.2, -0.15) is 0 Å². The summed E-state index contributed by atoms with van der Waals surface area (Å²) >= 11 is 0. The topological polar surface area (TPSA) is 22.0 Å². The molecule has 0 amide bonds. The van der Waals surface area contributed by atoms with E-state index in [4.69, 9.17) is 0 Å². The Labute approximate surface area is 89.5 Å². The summed E-state index contributed by atoms with van der Waals surface area (Å²) in [5, 5.41) is 1.19. The molecule has 0 saturated carbocycles. The minimum atomic E-state index is 0.0242. The smallest absolute Gasteiger partial charge is 0.127 e. The number of carbonyl (C=O) groups excluding carboxylic acids is 1. The number of para-hydroxylation sites is 1. The fourth-order valence-electron chi connectivity index (χ4n) is 2.06. The normalized spacial score (nSPS) is 12.9. The van der Waals surface area contributed by atoms with Gasteiger partial charge in [0, 0.05) is 30.1 Å². The summed E-state index contributed by atoms with van der Waals surface area (Å²) in [4.78, 5) is 11.0. The Balaban J connectivity index is 2.66. The molecule has 1 atom stereocenters. The van der Waals surface area contributed by atoms with Crippen molar-refractivity contribution >= 4 is 17.2 Å². The lowest BCUT2D eigenvalue weighted by Gasteiger charge is -2.04. The van der Waals surface area contributed by atoms with E-state index in [-0.39, 0.29) is 5.92 Å². The zero-order valence-electron chi connectivity index (χ0n) is 9.10. The molecule has 0 saturated heterocycles. The molecule has 1 aromatic heterocycles. The SMILES string of the molecule is CCC(C=O)c1cn(C)c2ccccc12. The molecule has 0 spiro atoms. The van der Waals surface area contributed by atoms with Crippen molar-refractivity contribution < 1.29 is 4.79 Å². The Morgan fingerprint density at radius 3 is 2.80 bits per heavy atom. The Hall–Kier alpha value is -1.57. The van der Waals surface area contributed by atoms with Gasteiger partial charge in [-0.1, -0.05) is 25.1 Å². The molecule has 1 aromatic carbocycles. The summed E-state index contributed by atoms with van der Waals surface area (Å²) in [5.41, 5.74) is 2.33. The zero-order valence-corrected chi connectivity index (χ0v) is 9.10. The third-order valence-electron chi connectivity index (χ3n) is 2.93. The number of carbonyl (C=O) groups is 1. The van der Waals surface area contributed by atoms with Crippen molar-refractivity contribution in [3.8, 4) is 0 Å². The van der Waals surface area contributed by atoms with Crippen molar-refractivity contribution in [2.45, 2.75) is 19.3 Å². The maximum absolute atomic E-state index is 11.0. The van der Waals surface area contributed by atoms with Gasteiger partial charge < -0.3 is 9.36 Å². The first-order chi connectivity index (χ1) is 7.27. The second-order valence-electron chi connectivity index (χ2n) is 3.86. The monoisotopic (exact) mass is 201 g/mol. The van der Waals surface area contributed by atoms with E-state index in [1.165, 1.54) is 10.9 Å². The van der Waals surface area contributed by atoms with Crippen LogP contribution in [-0.2, 0) is 11.8 Å². The minimum absolute atomic E-state index is 0.0242. The highest BCUT2D eigenvalue weighted by atomic mass is 16.1. The molecule has 0 aliphatic rings. The van der Waals surface area contributed by atoms with Crippen LogP contribution in [0, 0.1) is 0 Å². The van der Waals surface area contributed by atoms with Crippen molar-refractivity contribution in [2.75, 3.05) is 0 Å². The number of benzene rings is 1. The van der Waals surface area contributed by atoms with E-state index in [0.29, 0.717) is 0 Å². The third-order valence-corrected chi connectivity index (χ3v) is 2.93. The van der Waals surface area contributed by atoms with Gasteiger partial charge in [0.25, 0.3) is 0 Å². The lowest BCUT2D eigenvalue weighted by Crippen LogP contribution is -1.97. The maximum Gasteiger partial charge on any atom is 0.127 e. The van der Waals surface area contributed by atoms with Gasteiger partial charge in [-0.15, -0.1) is 0 Å². The van der Waals surface area contributed by atoms with Crippen molar-refractivity contribution in [3.63, 3.8) is 0 Å². The molecule has 1 heterocycles. The van der Waals surface area contributed by atoms with E-state index in [9.17, 15) is 4.79 Å². The van der Waals surface area contributed by atoms with E-state index in [2.05, 4.69) is 22.9 Å². The van der Waals surface area contributed by atoms with Crippen LogP contribution in [0.1, 0.15) is 24.8 Å². The second kappa shape index (κ2) is 3.89. The Morgan fingerprint density at radius 2 is 2.13 bits per heavy atom. The molecule has 0 aliphatic heterocycles. The Kier molecular flexibility index (Phi) is 2.58. The van der Waals surface area contributed by atoms with Crippen LogP contribution in [0.4, 0.5) is 0 Å². The van der Waals surface area contributed by atoms with E-state index >= 15 is 0 Å². The van der Waals surface area contributed by atoms with Crippen LogP contribution < -0.4 is 0 Å². The predicted octanol–water partition coefficient (Wildman–Crippen LogP) is 2.87. The first kappa shape index (κ1) is 9.97. The molecule has 2 aromatic rings. The van der Waals surface area contributed by atoms with E-state index in [1.807, 2.05) is 26.1 Å². The molecule has 0 N–H and O–H groups in total. The fourth-order valence-corrected chi connectivity index (χ4v) is 2.06. The molecule has 2 rings (SSSR count). The number of aldehydes is 1. The molecule has 0 aliphatic carbocycles. The number of hydrogen-bond acceptors (Lipinski definition) is 1. The lowest BCUT2D eigenvalue weighted by atomic mass is 9.98. The summed E-state index contributed by atoms with van der Waals surface area (Å²) in [6.07, 6.45) is 3.96. The second-order valence-corrected chi connectivity index (χ2v) is 3.86. The highest BCUT2D eigenvalue weighted by molar-refractivity contribution is 5.87. The van der Waals surface area contributed by atoms with Crippen LogP contribution in [0.2, 0.25) is 0 Å².